The number of likely N-dealkylation sites (tertiary alicyclic amines) is 1. The summed E-state index contributed by atoms with van der Waals surface area (Å²) in [6.07, 6.45) is 1.34. The molecule has 5 heteroatoms. The van der Waals surface area contributed by atoms with Crippen LogP contribution in [0.2, 0.25) is 0 Å². The maximum absolute atomic E-state index is 13.1. The van der Waals surface area contributed by atoms with Crippen molar-refractivity contribution in [2.45, 2.75) is 25.2 Å². The van der Waals surface area contributed by atoms with E-state index in [1.807, 2.05) is 12.1 Å². The molecule has 2 rings (SSSR count). The average Bonchev–Trinajstić information content (AvgIpc) is 2.47. The van der Waals surface area contributed by atoms with E-state index in [4.69, 9.17) is 4.74 Å². The van der Waals surface area contributed by atoms with E-state index in [2.05, 4.69) is 6.58 Å². The van der Waals surface area contributed by atoms with Gasteiger partial charge in [-0.2, -0.15) is 0 Å². The van der Waals surface area contributed by atoms with Gasteiger partial charge in [0.1, 0.15) is 5.75 Å². The molecule has 1 saturated heterocycles. The Balaban J connectivity index is 2.04. The minimum absolute atomic E-state index is 0.110. The summed E-state index contributed by atoms with van der Waals surface area (Å²) in [6, 6.07) is 5.47. The predicted molar refractivity (Wildman–Crippen MR) is 77.6 cm³/mol. The lowest BCUT2D eigenvalue weighted by Crippen LogP contribution is -2.43. The lowest BCUT2D eigenvalue weighted by Gasteiger charge is -2.31. The fraction of sp³-hybridized carbons (Fsp3) is 0.438. The number of nitrogens with zero attached hydrogens (tertiary/aromatic N) is 1. The number of rotatable bonds is 4. The van der Waals surface area contributed by atoms with E-state index in [0.29, 0.717) is 5.75 Å². The van der Waals surface area contributed by atoms with E-state index >= 15 is 0 Å². The van der Waals surface area contributed by atoms with Gasteiger partial charge >= 0.3 is 0 Å². The SMILES string of the molecule is C=Cc1ccc(CC(=O)N2CCC(F)(F)CC2)c(OC)c1. The molecule has 1 aliphatic heterocycles. The molecule has 1 heterocycles. The third-order valence-corrected chi connectivity index (χ3v) is 3.74. The number of amides is 1. The van der Waals surface area contributed by atoms with Crippen molar-refractivity contribution in [2.24, 2.45) is 0 Å². The fourth-order valence-electron chi connectivity index (χ4n) is 2.39. The average molecular weight is 295 g/mol. The number of hydrogen-bond donors (Lipinski definition) is 0. The molecule has 0 aromatic heterocycles. The van der Waals surface area contributed by atoms with Crippen molar-refractivity contribution < 1.29 is 18.3 Å². The highest BCUT2D eigenvalue weighted by molar-refractivity contribution is 5.79. The first kappa shape index (κ1) is 15.5. The molecule has 0 unspecified atom stereocenters. The molecule has 1 fully saturated rings. The van der Waals surface area contributed by atoms with E-state index in [-0.39, 0.29) is 38.3 Å². The van der Waals surface area contributed by atoms with Crippen molar-refractivity contribution in [2.75, 3.05) is 20.2 Å². The number of ether oxygens (including phenoxy) is 1. The van der Waals surface area contributed by atoms with E-state index in [1.165, 1.54) is 12.0 Å². The van der Waals surface area contributed by atoms with Crippen LogP contribution in [-0.2, 0) is 11.2 Å². The minimum atomic E-state index is -2.64. The number of alkyl halides is 2. The lowest BCUT2D eigenvalue weighted by atomic mass is 10.0. The summed E-state index contributed by atoms with van der Waals surface area (Å²) >= 11 is 0. The van der Waals surface area contributed by atoms with Crippen LogP contribution in [0.4, 0.5) is 8.78 Å². The van der Waals surface area contributed by atoms with E-state index in [9.17, 15) is 13.6 Å². The summed E-state index contributed by atoms with van der Waals surface area (Å²) < 4.78 is 31.5. The summed E-state index contributed by atoms with van der Waals surface area (Å²) in [5, 5.41) is 0. The molecule has 3 nitrogen and oxygen atoms in total. The van der Waals surface area contributed by atoms with Gasteiger partial charge in [-0.05, 0) is 11.6 Å². The first-order chi connectivity index (χ1) is 9.95. The monoisotopic (exact) mass is 295 g/mol. The van der Waals surface area contributed by atoms with Crippen LogP contribution in [0.5, 0.6) is 5.75 Å². The van der Waals surface area contributed by atoms with Crippen molar-refractivity contribution in [3.63, 3.8) is 0 Å². The van der Waals surface area contributed by atoms with Crippen molar-refractivity contribution in [3.05, 3.63) is 35.9 Å². The van der Waals surface area contributed by atoms with Gasteiger partial charge in [-0.1, -0.05) is 24.8 Å². The van der Waals surface area contributed by atoms with Gasteiger partial charge in [0, 0.05) is 31.5 Å². The van der Waals surface area contributed by atoms with Gasteiger partial charge in [0.2, 0.25) is 5.91 Å². The zero-order valence-electron chi connectivity index (χ0n) is 12.1. The zero-order valence-corrected chi connectivity index (χ0v) is 12.1. The lowest BCUT2D eigenvalue weighted by molar-refractivity contribution is -0.136. The van der Waals surface area contributed by atoms with Gasteiger partial charge in [0.15, 0.2) is 0 Å². The molecule has 114 valence electrons. The maximum Gasteiger partial charge on any atom is 0.251 e. The Morgan fingerprint density at radius 3 is 2.67 bits per heavy atom. The number of piperidine rings is 1. The highest BCUT2D eigenvalue weighted by atomic mass is 19.3. The quantitative estimate of drug-likeness (QED) is 0.854. The normalized spacial score (nSPS) is 17.4. The number of hydrogen-bond acceptors (Lipinski definition) is 2. The molecular weight excluding hydrogens is 276 g/mol. The molecule has 0 saturated carbocycles. The van der Waals surface area contributed by atoms with Crippen LogP contribution >= 0.6 is 0 Å². The molecule has 0 N–H and O–H groups in total. The van der Waals surface area contributed by atoms with Crippen LogP contribution in [-0.4, -0.2) is 36.9 Å². The second kappa shape index (κ2) is 6.24. The molecular formula is C16H19F2NO2. The van der Waals surface area contributed by atoms with Crippen LogP contribution in [0, 0.1) is 0 Å². The number of carbonyl (C=O) groups is 1. The number of methoxy groups -OCH3 is 1. The van der Waals surface area contributed by atoms with E-state index in [1.54, 1.807) is 12.1 Å². The Labute approximate surface area is 123 Å². The molecule has 1 aromatic rings. The predicted octanol–water partition coefficient (Wildman–Crippen LogP) is 3.14. The number of benzene rings is 1. The van der Waals surface area contributed by atoms with Crippen LogP contribution in [0.25, 0.3) is 6.08 Å². The Morgan fingerprint density at radius 2 is 2.10 bits per heavy atom. The highest BCUT2D eigenvalue weighted by Gasteiger charge is 2.35. The molecule has 21 heavy (non-hydrogen) atoms. The van der Waals surface area contributed by atoms with Gasteiger partial charge in [0.05, 0.1) is 13.5 Å². The zero-order chi connectivity index (χ0) is 15.5. The second-order valence-electron chi connectivity index (χ2n) is 5.19. The van der Waals surface area contributed by atoms with Gasteiger partial charge in [-0.3, -0.25) is 4.79 Å². The third-order valence-electron chi connectivity index (χ3n) is 3.74. The van der Waals surface area contributed by atoms with E-state index < -0.39 is 5.92 Å². The van der Waals surface area contributed by atoms with Gasteiger partial charge in [0.25, 0.3) is 5.92 Å². The summed E-state index contributed by atoms with van der Waals surface area (Å²) in [7, 11) is 1.54. The van der Waals surface area contributed by atoms with Gasteiger partial charge in [-0.25, -0.2) is 8.78 Å². The van der Waals surface area contributed by atoms with Crippen molar-refractivity contribution >= 4 is 12.0 Å². The highest BCUT2D eigenvalue weighted by Crippen LogP contribution is 2.28. The fourth-order valence-corrected chi connectivity index (χ4v) is 2.39. The van der Waals surface area contributed by atoms with Crippen LogP contribution in [0.3, 0.4) is 0 Å². The molecule has 0 spiro atoms. The molecule has 1 amide bonds. The van der Waals surface area contributed by atoms with E-state index in [0.717, 1.165) is 11.1 Å². The summed E-state index contributed by atoms with van der Waals surface area (Å²) in [5.74, 6) is -2.17. The summed E-state index contributed by atoms with van der Waals surface area (Å²) in [4.78, 5) is 13.7. The summed E-state index contributed by atoms with van der Waals surface area (Å²) in [6.45, 7) is 3.90. The van der Waals surface area contributed by atoms with Crippen LogP contribution in [0.15, 0.2) is 24.8 Å². The second-order valence-corrected chi connectivity index (χ2v) is 5.19. The number of halogens is 2. The molecule has 1 aromatic carbocycles. The van der Waals surface area contributed by atoms with Gasteiger partial charge < -0.3 is 9.64 Å². The van der Waals surface area contributed by atoms with Crippen LogP contribution in [0.1, 0.15) is 24.0 Å². The standard InChI is InChI=1S/C16H19F2NO2/c1-3-12-4-5-13(14(10-12)21-2)11-15(20)19-8-6-16(17,18)7-9-19/h3-5,10H,1,6-9,11H2,2H3. The van der Waals surface area contributed by atoms with Crippen molar-refractivity contribution in [3.8, 4) is 5.75 Å². The number of carbonyl (C=O) groups excluding carboxylic acids is 1. The Kier molecular flexibility index (Phi) is 4.60. The maximum atomic E-state index is 13.1. The minimum Gasteiger partial charge on any atom is -0.496 e. The Morgan fingerprint density at radius 1 is 1.43 bits per heavy atom. The Hall–Kier alpha value is -1.91. The van der Waals surface area contributed by atoms with Crippen molar-refractivity contribution in [1.82, 2.24) is 4.90 Å². The third kappa shape index (κ3) is 3.80. The molecule has 0 aliphatic carbocycles. The largest absolute Gasteiger partial charge is 0.496 e. The van der Waals surface area contributed by atoms with Gasteiger partial charge in [-0.15, -0.1) is 0 Å². The first-order valence-electron chi connectivity index (χ1n) is 6.90. The molecule has 0 atom stereocenters. The molecule has 0 bridgehead atoms. The van der Waals surface area contributed by atoms with Crippen LogP contribution < -0.4 is 4.74 Å². The summed E-state index contributed by atoms with van der Waals surface area (Å²) in [5.41, 5.74) is 1.66. The molecule has 1 aliphatic rings. The Bertz CT molecular complexity index is 533. The smallest absolute Gasteiger partial charge is 0.251 e. The topological polar surface area (TPSA) is 29.5 Å². The first-order valence-corrected chi connectivity index (χ1v) is 6.90. The molecule has 0 radical (unpaired) electrons. The van der Waals surface area contributed by atoms with Crippen molar-refractivity contribution in [1.29, 1.82) is 0 Å².